The molecule has 2 amide bonds. The maximum atomic E-state index is 11.9. The highest BCUT2D eigenvalue weighted by atomic mass is 16.6. The van der Waals surface area contributed by atoms with Crippen molar-refractivity contribution in [2.45, 2.75) is 31.4 Å². The number of amides is 2. The minimum absolute atomic E-state index is 0.0168. The molecule has 2 heterocycles. The second-order valence-corrected chi connectivity index (χ2v) is 5.34. The van der Waals surface area contributed by atoms with Crippen LogP contribution in [-0.4, -0.2) is 84.8 Å². The van der Waals surface area contributed by atoms with E-state index in [4.69, 9.17) is 4.74 Å². The maximum absolute atomic E-state index is 11.9. The molecule has 0 aromatic heterocycles. The minimum Gasteiger partial charge on any atom is -0.452 e. The summed E-state index contributed by atoms with van der Waals surface area (Å²) in [7, 11) is 2.50. The number of nitrogens with zero attached hydrogens (tertiary/aromatic N) is 3. The molecule has 0 bridgehead atoms. The van der Waals surface area contributed by atoms with Crippen molar-refractivity contribution < 1.29 is 24.2 Å². The molecule has 0 aromatic carbocycles. The van der Waals surface area contributed by atoms with E-state index < -0.39 is 18.3 Å². The highest BCUT2D eigenvalue weighted by molar-refractivity contribution is 5.74. The number of β-amino-alcohol motifs (C(OH)–C–C–N with tert-alkyl or cyclic N) is 1. The molecule has 2 aliphatic heterocycles. The summed E-state index contributed by atoms with van der Waals surface area (Å²) in [6.07, 6.45) is 1.33. The Hall–Kier alpha value is -1.54. The fraction of sp³-hybridized carbons (Fsp3) is 0.846. The molecule has 0 unspecified atom stereocenters. The molecule has 1 N–H and O–H groups in total. The Morgan fingerprint density at radius 2 is 1.48 bits per heavy atom. The molecular formula is C13H23N3O5. The molecule has 2 fully saturated rings. The lowest BCUT2D eigenvalue weighted by atomic mass is 10.0. The summed E-state index contributed by atoms with van der Waals surface area (Å²) in [6, 6.07) is -0.190. The van der Waals surface area contributed by atoms with Crippen LogP contribution >= 0.6 is 0 Å². The smallest absolute Gasteiger partial charge is 0.428 e. The van der Waals surface area contributed by atoms with Crippen LogP contribution in [0.25, 0.3) is 0 Å². The molecule has 2 rings (SSSR count). The summed E-state index contributed by atoms with van der Waals surface area (Å²) in [5, 5.41) is 12.6. The average Bonchev–Trinajstić information content (AvgIpc) is 2.53. The van der Waals surface area contributed by atoms with Gasteiger partial charge in [-0.3, -0.25) is 4.90 Å². The van der Waals surface area contributed by atoms with Crippen molar-refractivity contribution in [1.29, 1.82) is 0 Å². The van der Waals surface area contributed by atoms with Crippen molar-refractivity contribution in [2.75, 3.05) is 40.4 Å². The van der Waals surface area contributed by atoms with E-state index in [1.54, 1.807) is 0 Å². The highest BCUT2D eigenvalue weighted by Crippen LogP contribution is 2.22. The molecule has 2 atom stereocenters. The van der Waals surface area contributed by atoms with Crippen LogP contribution in [0, 0.1) is 0 Å². The first-order valence-corrected chi connectivity index (χ1v) is 7.21. The first kappa shape index (κ1) is 15.8. The van der Waals surface area contributed by atoms with Gasteiger partial charge < -0.3 is 14.6 Å². The molecule has 120 valence electrons. The number of carbonyl (C=O) groups is 2. The molecule has 2 aliphatic rings. The molecule has 0 spiro atoms. The number of ether oxygens (including phenoxy) is 2. The van der Waals surface area contributed by atoms with Gasteiger partial charge in [0, 0.05) is 0 Å². The summed E-state index contributed by atoms with van der Waals surface area (Å²) >= 11 is 0. The molecule has 0 radical (unpaired) electrons. The third-order valence-corrected chi connectivity index (χ3v) is 4.09. The first-order valence-electron chi connectivity index (χ1n) is 7.21. The number of hydrogen-bond acceptors (Lipinski definition) is 6. The summed E-state index contributed by atoms with van der Waals surface area (Å²) in [4.78, 5) is 25.8. The van der Waals surface area contributed by atoms with Gasteiger partial charge in [-0.25, -0.2) is 19.6 Å². The van der Waals surface area contributed by atoms with E-state index >= 15 is 0 Å². The standard InChI is InChI=1S/C13H23N3O5/c1-20-12(18)15-8-10(14-6-4-3-5-7-14)11(17)9-16(15)13(19)21-2/h10-11,17H,3-9H2,1-2H3/t10-,11+/m0/s1. The Balaban J connectivity index is 2.13. The fourth-order valence-corrected chi connectivity index (χ4v) is 2.96. The van der Waals surface area contributed by atoms with Gasteiger partial charge in [0.2, 0.25) is 0 Å². The number of likely N-dealkylation sites (tertiary alicyclic amines) is 1. The summed E-state index contributed by atoms with van der Waals surface area (Å²) in [5.74, 6) is 0. The molecule has 0 aromatic rings. The molecule has 0 saturated carbocycles. The Kier molecular flexibility index (Phi) is 5.24. The molecule has 21 heavy (non-hydrogen) atoms. The van der Waals surface area contributed by atoms with Crippen LogP contribution in [0.1, 0.15) is 19.3 Å². The minimum atomic E-state index is -0.719. The van der Waals surface area contributed by atoms with E-state index in [0.29, 0.717) is 0 Å². The van der Waals surface area contributed by atoms with Gasteiger partial charge in [0.15, 0.2) is 0 Å². The monoisotopic (exact) mass is 301 g/mol. The van der Waals surface area contributed by atoms with Crippen LogP contribution in [0.2, 0.25) is 0 Å². The van der Waals surface area contributed by atoms with Crippen LogP contribution in [-0.2, 0) is 9.47 Å². The molecule has 2 saturated heterocycles. The molecule has 8 heteroatoms. The number of methoxy groups -OCH3 is 2. The van der Waals surface area contributed by atoms with Crippen LogP contribution in [0.15, 0.2) is 0 Å². The lowest BCUT2D eigenvalue weighted by Crippen LogP contribution is -2.66. The van der Waals surface area contributed by atoms with Crippen molar-refractivity contribution in [3.8, 4) is 0 Å². The largest absolute Gasteiger partial charge is 0.452 e. The van der Waals surface area contributed by atoms with Gasteiger partial charge in [0.1, 0.15) is 0 Å². The van der Waals surface area contributed by atoms with Gasteiger partial charge in [0.05, 0.1) is 39.5 Å². The predicted octanol–water partition coefficient (Wildman–Crippen LogP) is 0.267. The summed E-state index contributed by atoms with van der Waals surface area (Å²) < 4.78 is 9.38. The van der Waals surface area contributed by atoms with Gasteiger partial charge in [-0.15, -0.1) is 0 Å². The SMILES string of the molecule is COC(=O)N1C[C@@H](O)[C@@H](N2CCCCC2)CN1C(=O)OC. The first-order chi connectivity index (χ1) is 10.1. The van der Waals surface area contributed by atoms with E-state index in [2.05, 4.69) is 9.64 Å². The summed E-state index contributed by atoms with van der Waals surface area (Å²) in [5.41, 5.74) is 0. The van der Waals surface area contributed by atoms with Crippen molar-refractivity contribution in [2.24, 2.45) is 0 Å². The number of hydrogen-bond donors (Lipinski definition) is 1. The van der Waals surface area contributed by atoms with Crippen molar-refractivity contribution in [3.05, 3.63) is 0 Å². The second kappa shape index (κ2) is 6.95. The number of aliphatic hydroxyl groups is 1. The van der Waals surface area contributed by atoms with Gasteiger partial charge in [-0.2, -0.15) is 0 Å². The van der Waals surface area contributed by atoms with Crippen LogP contribution in [0.5, 0.6) is 0 Å². The second-order valence-electron chi connectivity index (χ2n) is 5.34. The van der Waals surface area contributed by atoms with Gasteiger partial charge >= 0.3 is 12.2 Å². The third-order valence-electron chi connectivity index (χ3n) is 4.09. The quantitative estimate of drug-likeness (QED) is 0.748. The van der Waals surface area contributed by atoms with E-state index in [0.717, 1.165) is 30.9 Å². The number of aliphatic hydroxyl groups excluding tert-OH is 1. The third kappa shape index (κ3) is 3.38. The van der Waals surface area contributed by atoms with Gasteiger partial charge in [-0.1, -0.05) is 6.42 Å². The Morgan fingerprint density at radius 1 is 0.952 bits per heavy atom. The highest BCUT2D eigenvalue weighted by Gasteiger charge is 2.42. The van der Waals surface area contributed by atoms with E-state index in [1.165, 1.54) is 25.6 Å². The van der Waals surface area contributed by atoms with Crippen molar-refractivity contribution >= 4 is 12.2 Å². The molecule has 0 aliphatic carbocycles. The number of rotatable bonds is 1. The van der Waals surface area contributed by atoms with E-state index in [9.17, 15) is 14.7 Å². The van der Waals surface area contributed by atoms with Crippen LogP contribution < -0.4 is 0 Å². The van der Waals surface area contributed by atoms with Crippen molar-refractivity contribution in [1.82, 2.24) is 14.9 Å². The molecule has 8 nitrogen and oxygen atoms in total. The lowest BCUT2D eigenvalue weighted by Gasteiger charge is -2.46. The van der Waals surface area contributed by atoms with Gasteiger partial charge in [0.25, 0.3) is 0 Å². The average molecular weight is 301 g/mol. The normalized spacial score (nSPS) is 27.4. The van der Waals surface area contributed by atoms with E-state index in [-0.39, 0.29) is 19.1 Å². The number of carbonyl (C=O) groups excluding carboxylic acids is 2. The predicted molar refractivity (Wildman–Crippen MR) is 73.4 cm³/mol. The number of piperidine rings is 1. The lowest BCUT2D eigenvalue weighted by molar-refractivity contribution is -0.105. The maximum Gasteiger partial charge on any atom is 0.428 e. The fourth-order valence-electron chi connectivity index (χ4n) is 2.96. The van der Waals surface area contributed by atoms with Gasteiger partial charge in [-0.05, 0) is 25.9 Å². The Morgan fingerprint density at radius 3 is 2.00 bits per heavy atom. The van der Waals surface area contributed by atoms with E-state index in [1.807, 2.05) is 0 Å². The molecular weight excluding hydrogens is 278 g/mol. The van der Waals surface area contributed by atoms with Crippen molar-refractivity contribution in [3.63, 3.8) is 0 Å². The topological polar surface area (TPSA) is 82.5 Å². The number of hydrazine groups is 1. The Bertz CT molecular complexity index is 386. The zero-order valence-corrected chi connectivity index (χ0v) is 12.5. The van der Waals surface area contributed by atoms with Crippen LogP contribution in [0.4, 0.5) is 9.59 Å². The zero-order valence-electron chi connectivity index (χ0n) is 12.5. The van der Waals surface area contributed by atoms with Crippen LogP contribution in [0.3, 0.4) is 0 Å². The Labute approximate surface area is 124 Å². The zero-order chi connectivity index (χ0) is 15.4. The summed E-state index contributed by atoms with van der Waals surface area (Å²) in [6.45, 7) is 2.02.